The lowest BCUT2D eigenvalue weighted by Gasteiger charge is -2.33. The second-order valence-corrected chi connectivity index (χ2v) is 6.68. The maximum absolute atomic E-state index is 12.9. The Morgan fingerprint density at radius 2 is 2.16 bits per heavy atom. The zero-order valence-electron chi connectivity index (χ0n) is 15.2. The highest BCUT2D eigenvalue weighted by atomic mass is 16.5. The van der Waals surface area contributed by atoms with Crippen molar-refractivity contribution in [2.24, 2.45) is 0 Å². The fraction of sp³-hybridized carbons (Fsp3) is 0.500. The topological polar surface area (TPSA) is 63.5 Å². The fourth-order valence-corrected chi connectivity index (χ4v) is 2.96. The third kappa shape index (κ3) is 3.66. The van der Waals surface area contributed by atoms with E-state index in [0.717, 1.165) is 5.69 Å². The van der Waals surface area contributed by atoms with Crippen LogP contribution in [0.3, 0.4) is 0 Å². The molecule has 0 N–H and O–H groups in total. The Hall–Kier alpha value is -2.41. The number of rotatable bonds is 4. The Morgan fingerprint density at radius 1 is 1.36 bits per heavy atom. The SMILES string of the molecule is CC(C)n1cccc1C(=O)N1CCO[C@@H](c2ccnc(N(C)C)n2)C1. The van der Waals surface area contributed by atoms with Gasteiger partial charge in [-0.25, -0.2) is 9.97 Å². The number of aromatic nitrogens is 3. The number of nitrogens with zero attached hydrogens (tertiary/aromatic N) is 5. The van der Waals surface area contributed by atoms with Crippen molar-refractivity contribution >= 4 is 11.9 Å². The summed E-state index contributed by atoms with van der Waals surface area (Å²) in [5.41, 5.74) is 1.52. The average molecular weight is 343 g/mol. The van der Waals surface area contributed by atoms with Crippen molar-refractivity contribution < 1.29 is 9.53 Å². The van der Waals surface area contributed by atoms with E-state index in [4.69, 9.17) is 4.74 Å². The van der Waals surface area contributed by atoms with Gasteiger partial charge in [0.2, 0.25) is 5.95 Å². The summed E-state index contributed by atoms with van der Waals surface area (Å²) in [6.45, 7) is 5.72. The largest absolute Gasteiger partial charge is 0.368 e. The standard InChI is InChI=1S/C18H25N5O2/c1-13(2)23-9-5-6-15(23)17(24)22-10-11-25-16(12-22)14-7-8-19-18(20-14)21(3)4/h5-9,13,16H,10-12H2,1-4H3/t16-/m1/s1. The van der Waals surface area contributed by atoms with Gasteiger partial charge in [-0.2, -0.15) is 0 Å². The summed E-state index contributed by atoms with van der Waals surface area (Å²) in [5, 5.41) is 0. The summed E-state index contributed by atoms with van der Waals surface area (Å²) in [5.74, 6) is 0.673. The van der Waals surface area contributed by atoms with Gasteiger partial charge in [-0.05, 0) is 32.0 Å². The van der Waals surface area contributed by atoms with Gasteiger partial charge in [-0.1, -0.05) is 0 Å². The minimum absolute atomic E-state index is 0.0360. The second-order valence-electron chi connectivity index (χ2n) is 6.68. The number of anilines is 1. The quantitative estimate of drug-likeness (QED) is 0.851. The van der Waals surface area contributed by atoms with Gasteiger partial charge < -0.3 is 19.1 Å². The summed E-state index contributed by atoms with van der Waals surface area (Å²) < 4.78 is 7.87. The average Bonchev–Trinajstić information content (AvgIpc) is 3.11. The van der Waals surface area contributed by atoms with Crippen molar-refractivity contribution in [3.63, 3.8) is 0 Å². The van der Waals surface area contributed by atoms with Gasteiger partial charge >= 0.3 is 0 Å². The highest BCUT2D eigenvalue weighted by molar-refractivity contribution is 5.93. The van der Waals surface area contributed by atoms with Gasteiger partial charge in [0, 0.05) is 39.1 Å². The van der Waals surface area contributed by atoms with Gasteiger partial charge in [0.25, 0.3) is 5.91 Å². The molecule has 1 atom stereocenters. The zero-order chi connectivity index (χ0) is 18.0. The van der Waals surface area contributed by atoms with Crippen molar-refractivity contribution in [3.05, 3.63) is 42.0 Å². The number of morpholine rings is 1. The molecule has 0 spiro atoms. The lowest BCUT2D eigenvalue weighted by molar-refractivity contribution is -0.0251. The molecule has 0 unspecified atom stereocenters. The summed E-state index contributed by atoms with van der Waals surface area (Å²) >= 11 is 0. The summed E-state index contributed by atoms with van der Waals surface area (Å²) in [6.07, 6.45) is 3.44. The van der Waals surface area contributed by atoms with Gasteiger partial charge in [-0.3, -0.25) is 4.79 Å². The first-order valence-corrected chi connectivity index (χ1v) is 8.55. The number of hydrogen-bond acceptors (Lipinski definition) is 5. The number of ether oxygens (including phenoxy) is 1. The highest BCUT2D eigenvalue weighted by Gasteiger charge is 2.28. The molecule has 1 aliphatic heterocycles. The molecule has 7 heteroatoms. The molecule has 134 valence electrons. The molecule has 1 amide bonds. The Morgan fingerprint density at radius 3 is 2.88 bits per heavy atom. The molecule has 2 aromatic heterocycles. The van der Waals surface area contributed by atoms with Crippen LogP contribution in [-0.4, -0.2) is 59.1 Å². The third-order valence-corrected chi connectivity index (χ3v) is 4.30. The Bertz CT molecular complexity index is 741. The number of carbonyl (C=O) groups excluding carboxylic acids is 1. The van der Waals surface area contributed by atoms with Crippen LogP contribution < -0.4 is 4.90 Å². The van der Waals surface area contributed by atoms with E-state index in [2.05, 4.69) is 23.8 Å². The van der Waals surface area contributed by atoms with Crippen molar-refractivity contribution in [2.75, 3.05) is 38.7 Å². The van der Waals surface area contributed by atoms with Crippen LogP contribution in [-0.2, 0) is 4.74 Å². The van der Waals surface area contributed by atoms with E-state index in [-0.39, 0.29) is 18.1 Å². The van der Waals surface area contributed by atoms with E-state index in [1.54, 1.807) is 6.20 Å². The number of carbonyl (C=O) groups is 1. The summed E-state index contributed by atoms with van der Waals surface area (Å²) in [6, 6.07) is 5.89. The monoisotopic (exact) mass is 343 g/mol. The van der Waals surface area contributed by atoms with Crippen LogP contribution in [0.25, 0.3) is 0 Å². The van der Waals surface area contributed by atoms with E-state index in [1.165, 1.54) is 0 Å². The van der Waals surface area contributed by atoms with Crippen LogP contribution >= 0.6 is 0 Å². The van der Waals surface area contributed by atoms with E-state index >= 15 is 0 Å². The molecular weight excluding hydrogens is 318 g/mol. The lowest BCUT2D eigenvalue weighted by atomic mass is 10.2. The van der Waals surface area contributed by atoms with Crippen LogP contribution in [0.1, 0.15) is 42.2 Å². The molecular formula is C18H25N5O2. The van der Waals surface area contributed by atoms with E-state index in [0.29, 0.717) is 31.3 Å². The number of hydrogen-bond donors (Lipinski definition) is 0. The summed E-state index contributed by atoms with van der Waals surface area (Å²) in [4.78, 5) is 25.4. The third-order valence-electron chi connectivity index (χ3n) is 4.30. The first-order valence-electron chi connectivity index (χ1n) is 8.55. The van der Waals surface area contributed by atoms with Gasteiger partial charge in [-0.15, -0.1) is 0 Å². The predicted molar refractivity (Wildman–Crippen MR) is 95.8 cm³/mol. The Kier molecular flexibility index (Phi) is 5.03. The second kappa shape index (κ2) is 7.23. The minimum Gasteiger partial charge on any atom is -0.368 e. The maximum atomic E-state index is 12.9. The lowest BCUT2D eigenvalue weighted by Crippen LogP contribution is -2.43. The molecule has 0 aromatic carbocycles. The number of amides is 1. The van der Waals surface area contributed by atoms with Crippen molar-refractivity contribution in [3.8, 4) is 0 Å². The smallest absolute Gasteiger partial charge is 0.270 e. The highest BCUT2D eigenvalue weighted by Crippen LogP contribution is 2.23. The molecule has 0 saturated carbocycles. The molecule has 1 fully saturated rings. The molecule has 3 heterocycles. The predicted octanol–water partition coefficient (Wildman–Crippen LogP) is 2.14. The van der Waals surface area contributed by atoms with Gasteiger partial charge in [0.1, 0.15) is 11.8 Å². The molecule has 7 nitrogen and oxygen atoms in total. The molecule has 25 heavy (non-hydrogen) atoms. The van der Waals surface area contributed by atoms with Crippen LogP contribution in [0.5, 0.6) is 0 Å². The molecule has 1 saturated heterocycles. The molecule has 0 radical (unpaired) electrons. The zero-order valence-corrected chi connectivity index (χ0v) is 15.2. The summed E-state index contributed by atoms with van der Waals surface area (Å²) in [7, 11) is 3.80. The molecule has 3 rings (SSSR count). The molecule has 2 aromatic rings. The molecule has 1 aliphatic rings. The van der Waals surface area contributed by atoms with Gasteiger partial charge in [0.05, 0.1) is 18.8 Å². The Labute approximate surface area is 148 Å². The Balaban J connectivity index is 1.78. The van der Waals surface area contributed by atoms with E-state index < -0.39 is 0 Å². The first kappa shape index (κ1) is 17.4. The van der Waals surface area contributed by atoms with Crippen LogP contribution in [0.2, 0.25) is 0 Å². The van der Waals surface area contributed by atoms with E-state index in [9.17, 15) is 4.79 Å². The van der Waals surface area contributed by atoms with Crippen molar-refractivity contribution in [1.29, 1.82) is 0 Å². The van der Waals surface area contributed by atoms with Crippen LogP contribution in [0, 0.1) is 0 Å². The van der Waals surface area contributed by atoms with Crippen molar-refractivity contribution in [1.82, 2.24) is 19.4 Å². The first-order chi connectivity index (χ1) is 12.0. The van der Waals surface area contributed by atoms with Crippen molar-refractivity contribution in [2.45, 2.75) is 26.0 Å². The minimum atomic E-state index is -0.234. The van der Waals surface area contributed by atoms with Crippen LogP contribution in [0.4, 0.5) is 5.95 Å². The molecule has 0 bridgehead atoms. The molecule has 0 aliphatic carbocycles. The van der Waals surface area contributed by atoms with Crippen LogP contribution in [0.15, 0.2) is 30.6 Å². The van der Waals surface area contributed by atoms with Gasteiger partial charge in [0.15, 0.2) is 0 Å². The fourth-order valence-electron chi connectivity index (χ4n) is 2.96. The van der Waals surface area contributed by atoms with E-state index in [1.807, 2.05) is 52.9 Å². The maximum Gasteiger partial charge on any atom is 0.270 e. The normalized spacial score (nSPS) is 17.8.